The molecule has 2 aliphatic rings. The number of nitrogens with zero attached hydrogens (tertiary/aromatic N) is 2. The predicted octanol–water partition coefficient (Wildman–Crippen LogP) is 3.08. The van der Waals surface area contributed by atoms with Crippen LogP contribution in [0.15, 0.2) is 28.7 Å². The number of carboxylic acid groups (broad SMARTS) is 2. The van der Waals surface area contributed by atoms with Gasteiger partial charge in [-0.1, -0.05) is 35.0 Å². The van der Waals surface area contributed by atoms with Crippen molar-refractivity contribution in [3.05, 3.63) is 34.3 Å². The molecule has 8 heteroatoms. The zero-order chi connectivity index (χ0) is 21.4. The number of carbonyl (C=O) groups excluding carboxylic acids is 1. The van der Waals surface area contributed by atoms with E-state index in [1.54, 1.807) is 0 Å². The van der Waals surface area contributed by atoms with Crippen molar-refractivity contribution in [3.63, 3.8) is 0 Å². The van der Waals surface area contributed by atoms with E-state index in [1.807, 2.05) is 0 Å². The van der Waals surface area contributed by atoms with Gasteiger partial charge < -0.3 is 15.1 Å². The average Bonchev–Trinajstić information content (AvgIpc) is 2.68. The van der Waals surface area contributed by atoms with Crippen molar-refractivity contribution < 1.29 is 24.6 Å². The van der Waals surface area contributed by atoms with Crippen LogP contribution in [0.25, 0.3) is 0 Å². The summed E-state index contributed by atoms with van der Waals surface area (Å²) in [5, 5.41) is 14.8. The lowest BCUT2D eigenvalue weighted by Crippen LogP contribution is -2.45. The Morgan fingerprint density at radius 3 is 2.28 bits per heavy atom. The lowest BCUT2D eigenvalue weighted by Gasteiger charge is -2.37. The third-order valence-corrected chi connectivity index (χ3v) is 5.88. The molecule has 0 aliphatic carbocycles. The second kappa shape index (κ2) is 11.3. The standard InChI is InChI=1S/C19H27BrN2O.C2H2O4/c1-15-4-3-9-22(13-15)19(23)17-7-10-21(11-8-17)14-16-5-2-6-18(20)12-16;3-1(4)2(5)6/h2,5-6,12,15,17H,3-4,7-11,13-14H2,1H3;(H,3,4)(H,5,6). The van der Waals surface area contributed by atoms with Crippen LogP contribution in [-0.4, -0.2) is 64.0 Å². The highest BCUT2D eigenvalue weighted by molar-refractivity contribution is 9.10. The minimum atomic E-state index is -1.82. The first kappa shape index (κ1) is 23.3. The van der Waals surface area contributed by atoms with Gasteiger partial charge in [-0.2, -0.15) is 0 Å². The molecule has 1 aromatic carbocycles. The number of carbonyl (C=O) groups is 3. The van der Waals surface area contributed by atoms with Crippen LogP contribution in [0.4, 0.5) is 0 Å². The van der Waals surface area contributed by atoms with Crippen molar-refractivity contribution in [1.82, 2.24) is 9.80 Å². The van der Waals surface area contributed by atoms with E-state index >= 15 is 0 Å². The third-order valence-electron chi connectivity index (χ3n) is 5.38. The van der Waals surface area contributed by atoms with Crippen LogP contribution in [0.1, 0.15) is 38.2 Å². The van der Waals surface area contributed by atoms with Crippen molar-refractivity contribution >= 4 is 33.8 Å². The van der Waals surface area contributed by atoms with Crippen molar-refractivity contribution in [1.29, 1.82) is 0 Å². The Bertz CT molecular complexity index is 707. The zero-order valence-corrected chi connectivity index (χ0v) is 18.3. The van der Waals surface area contributed by atoms with Gasteiger partial charge in [-0.25, -0.2) is 9.59 Å². The minimum Gasteiger partial charge on any atom is -0.473 e. The maximum absolute atomic E-state index is 12.7. The second-order valence-corrected chi connectivity index (χ2v) is 8.74. The first-order valence-electron chi connectivity index (χ1n) is 9.98. The highest BCUT2D eigenvalue weighted by Crippen LogP contribution is 2.24. The first-order chi connectivity index (χ1) is 13.8. The van der Waals surface area contributed by atoms with E-state index in [0.29, 0.717) is 11.8 Å². The fraction of sp³-hybridized carbons (Fsp3) is 0.571. The quantitative estimate of drug-likeness (QED) is 0.661. The first-order valence-corrected chi connectivity index (χ1v) is 10.8. The number of halogens is 1. The van der Waals surface area contributed by atoms with Crippen LogP contribution in [0, 0.1) is 11.8 Å². The molecule has 29 heavy (non-hydrogen) atoms. The van der Waals surface area contributed by atoms with E-state index in [9.17, 15) is 4.79 Å². The van der Waals surface area contributed by atoms with Gasteiger partial charge in [0.2, 0.25) is 5.91 Å². The lowest BCUT2D eigenvalue weighted by atomic mass is 9.92. The number of carboxylic acids is 2. The van der Waals surface area contributed by atoms with Crippen LogP contribution in [0.5, 0.6) is 0 Å². The molecule has 1 unspecified atom stereocenters. The van der Waals surface area contributed by atoms with Gasteiger partial charge in [0, 0.05) is 30.0 Å². The van der Waals surface area contributed by atoms with E-state index in [-0.39, 0.29) is 5.92 Å². The van der Waals surface area contributed by atoms with Gasteiger partial charge in [-0.05, 0) is 62.4 Å². The lowest BCUT2D eigenvalue weighted by molar-refractivity contribution is -0.159. The second-order valence-electron chi connectivity index (χ2n) is 7.82. The molecule has 3 rings (SSSR count). The summed E-state index contributed by atoms with van der Waals surface area (Å²) < 4.78 is 1.14. The van der Waals surface area contributed by atoms with Crippen molar-refractivity contribution in [2.45, 2.75) is 39.2 Å². The maximum Gasteiger partial charge on any atom is 0.414 e. The molecule has 7 nitrogen and oxygen atoms in total. The Kier molecular flexibility index (Phi) is 9.10. The molecular weight excluding hydrogens is 440 g/mol. The normalized spacial score (nSPS) is 20.5. The molecule has 2 heterocycles. The molecule has 2 fully saturated rings. The number of amides is 1. The van der Waals surface area contributed by atoms with Gasteiger partial charge in [-0.3, -0.25) is 9.69 Å². The van der Waals surface area contributed by atoms with E-state index in [4.69, 9.17) is 19.8 Å². The summed E-state index contributed by atoms with van der Waals surface area (Å²) in [6.07, 6.45) is 4.47. The zero-order valence-electron chi connectivity index (χ0n) is 16.7. The average molecular weight is 469 g/mol. The summed E-state index contributed by atoms with van der Waals surface area (Å²) >= 11 is 3.54. The molecule has 0 radical (unpaired) electrons. The van der Waals surface area contributed by atoms with E-state index in [2.05, 4.69) is 56.9 Å². The van der Waals surface area contributed by atoms with Crippen molar-refractivity contribution in [2.24, 2.45) is 11.8 Å². The number of rotatable bonds is 3. The number of aliphatic carboxylic acids is 2. The molecular formula is C21H29BrN2O5. The number of likely N-dealkylation sites (tertiary alicyclic amines) is 2. The van der Waals surface area contributed by atoms with Gasteiger partial charge in [0.15, 0.2) is 0 Å². The van der Waals surface area contributed by atoms with Gasteiger partial charge in [-0.15, -0.1) is 0 Å². The highest BCUT2D eigenvalue weighted by atomic mass is 79.9. The number of piperidine rings is 2. The molecule has 0 spiro atoms. The van der Waals surface area contributed by atoms with Gasteiger partial charge in [0.25, 0.3) is 0 Å². The topological polar surface area (TPSA) is 98.2 Å². The van der Waals surface area contributed by atoms with Crippen molar-refractivity contribution in [3.8, 4) is 0 Å². The summed E-state index contributed by atoms with van der Waals surface area (Å²) in [6, 6.07) is 8.52. The summed E-state index contributed by atoms with van der Waals surface area (Å²) in [5.41, 5.74) is 1.34. The molecule has 2 N–H and O–H groups in total. The highest BCUT2D eigenvalue weighted by Gasteiger charge is 2.30. The monoisotopic (exact) mass is 468 g/mol. The number of hydrogen-bond acceptors (Lipinski definition) is 4. The van der Waals surface area contributed by atoms with Crippen LogP contribution in [0.2, 0.25) is 0 Å². The van der Waals surface area contributed by atoms with Crippen LogP contribution in [-0.2, 0) is 20.9 Å². The van der Waals surface area contributed by atoms with Crippen LogP contribution >= 0.6 is 15.9 Å². The molecule has 1 amide bonds. The van der Waals surface area contributed by atoms with E-state index < -0.39 is 11.9 Å². The van der Waals surface area contributed by atoms with Gasteiger partial charge >= 0.3 is 11.9 Å². The fourth-order valence-electron chi connectivity index (χ4n) is 3.88. The molecule has 1 aromatic rings. The SMILES string of the molecule is CC1CCCN(C(=O)C2CCN(Cc3cccc(Br)c3)CC2)C1.O=C(O)C(=O)O. The Morgan fingerprint density at radius 1 is 1.07 bits per heavy atom. The predicted molar refractivity (Wildman–Crippen MR) is 112 cm³/mol. The minimum absolute atomic E-state index is 0.249. The Hall–Kier alpha value is -1.93. The summed E-state index contributed by atoms with van der Waals surface area (Å²) in [4.78, 5) is 35.5. The van der Waals surface area contributed by atoms with Crippen LogP contribution in [0.3, 0.4) is 0 Å². The Morgan fingerprint density at radius 2 is 1.72 bits per heavy atom. The smallest absolute Gasteiger partial charge is 0.414 e. The molecule has 2 saturated heterocycles. The van der Waals surface area contributed by atoms with Crippen molar-refractivity contribution in [2.75, 3.05) is 26.2 Å². The molecule has 1 atom stereocenters. The Labute approximate surface area is 179 Å². The molecule has 0 bridgehead atoms. The molecule has 160 valence electrons. The van der Waals surface area contributed by atoms with Crippen LogP contribution < -0.4 is 0 Å². The Balaban J connectivity index is 0.000000438. The van der Waals surface area contributed by atoms with Gasteiger partial charge in [0.05, 0.1) is 0 Å². The number of benzene rings is 1. The molecule has 2 aliphatic heterocycles. The molecule has 0 aromatic heterocycles. The number of hydrogen-bond donors (Lipinski definition) is 2. The van der Waals surface area contributed by atoms with E-state index in [0.717, 1.165) is 50.0 Å². The molecule has 0 saturated carbocycles. The third kappa shape index (κ3) is 7.78. The fourth-order valence-corrected chi connectivity index (χ4v) is 4.33. The van der Waals surface area contributed by atoms with E-state index in [1.165, 1.54) is 18.4 Å². The summed E-state index contributed by atoms with van der Waals surface area (Å²) in [5.74, 6) is -2.31. The van der Waals surface area contributed by atoms with Gasteiger partial charge in [0.1, 0.15) is 0 Å². The summed E-state index contributed by atoms with van der Waals surface area (Å²) in [7, 11) is 0. The largest absolute Gasteiger partial charge is 0.473 e. The maximum atomic E-state index is 12.7. The summed E-state index contributed by atoms with van der Waals surface area (Å²) in [6.45, 7) is 7.26.